The van der Waals surface area contributed by atoms with Crippen LogP contribution in [0.2, 0.25) is 0 Å². The molecule has 0 spiro atoms. The Hall–Kier alpha value is -2.44. The lowest BCUT2D eigenvalue weighted by Gasteiger charge is -2.26. The average Bonchev–Trinajstić information content (AvgIpc) is 3.09. The molecule has 1 fully saturated rings. The van der Waals surface area contributed by atoms with E-state index in [9.17, 15) is 5.11 Å². The number of benzene rings is 1. The van der Waals surface area contributed by atoms with Gasteiger partial charge in [-0.05, 0) is 49.4 Å². The minimum atomic E-state index is -0.159. The van der Waals surface area contributed by atoms with Gasteiger partial charge in [-0.1, -0.05) is 12.1 Å². The van der Waals surface area contributed by atoms with Crippen molar-refractivity contribution in [2.45, 2.75) is 44.4 Å². The minimum Gasteiger partial charge on any atom is -0.393 e. The molecular weight excluding hydrogens is 328 g/mol. The largest absolute Gasteiger partial charge is 0.393 e. The van der Waals surface area contributed by atoms with E-state index in [1.807, 2.05) is 18.3 Å². The number of methoxy groups -OCH3 is 1. The van der Waals surface area contributed by atoms with Crippen molar-refractivity contribution in [3.63, 3.8) is 0 Å². The third-order valence-corrected chi connectivity index (χ3v) is 5.04. The second-order valence-corrected chi connectivity index (χ2v) is 6.86. The number of hydrogen-bond acceptors (Lipinski definition) is 5. The van der Waals surface area contributed by atoms with Crippen molar-refractivity contribution in [3.05, 3.63) is 48.3 Å². The molecule has 2 aromatic heterocycles. The second-order valence-electron chi connectivity index (χ2n) is 6.86. The molecule has 1 aliphatic rings. The molecule has 0 unspecified atom stereocenters. The van der Waals surface area contributed by atoms with Crippen molar-refractivity contribution >= 4 is 16.9 Å². The predicted octanol–water partition coefficient (Wildman–Crippen LogP) is 3.28. The van der Waals surface area contributed by atoms with E-state index in [1.165, 1.54) is 5.39 Å². The van der Waals surface area contributed by atoms with E-state index in [-0.39, 0.29) is 6.10 Å². The van der Waals surface area contributed by atoms with Crippen LogP contribution in [0.3, 0.4) is 0 Å². The highest BCUT2D eigenvalue weighted by atomic mass is 16.5. The number of anilines is 1. The maximum atomic E-state index is 9.65. The van der Waals surface area contributed by atoms with Crippen molar-refractivity contribution in [1.29, 1.82) is 0 Å². The quantitative estimate of drug-likeness (QED) is 0.737. The third-order valence-electron chi connectivity index (χ3n) is 5.04. The Morgan fingerprint density at radius 3 is 2.85 bits per heavy atom. The summed E-state index contributed by atoms with van der Waals surface area (Å²) >= 11 is 0. The van der Waals surface area contributed by atoms with Crippen LogP contribution in [0.15, 0.2) is 42.7 Å². The van der Waals surface area contributed by atoms with Gasteiger partial charge in [-0.2, -0.15) is 4.98 Å². The minimum absolute atomic E-state index is 0.159. The first-order valence-electron chi connectivity index (χ1n) is 9.10. The molecule has 0 radical (unpaired) electrons. The van der Waals surface area contributed by atoms with Gasteiger partial charge in [0.2, 0.25) is 5.95 Å². The fourth-order valence-electron chi connectivity index (χ4n) is 3.67. The van der Waals surface area contributed by atoms with Gasteiger partial charge in [0.05, 0.1) is 18.2 Å². The summed E-state index contributed by atoms with van der Waals surface area (Å²) < 4.78 is 7.37. The highest BCUT2D eigenvalue weighted by molar-refractivity contribution is 5.85. The van der Waals surface area contributed by atoms with Crippen LogP contribution in [0.4, 0.5) is 5.95 Å². The number of fused-ring (bicyclic) bond motifs is 1. The molecule has 1 aromatic carbocycles. The van der Waals surface area contributed by atoms with E-state index in [0.717, 1.165) is 42.6 Å². The van der Waals surface area contributed by atoms with Crippen molar-refractivity contribution in [1.82, 2.24) is 14.5 Å². The summed E-state index contributed by atoms with van der Waals surface area (Å²) in [6.45, 7) is 0.589. The Kier molecular flexibility index (Phi) is 4.86. The highest BCUT2D eigenvalue weighted by Crippen LogP contribution is 2.25. The smallest absolute Gasteiger partial charge is 0.224 e. The molecule has 0 bridgehead atoms. The van der Waals surface area contributed by atoms with Crippen LogP contribution in [-0.2, 0) is 11.3 Å². The summed E-state index contributed by atoms with van der Waals surface area (Å²) in [6, 6.07) is 10.6. The number of aliphatic hydroxyl groups excluding tert-OH is 1. The molecule has 4 rings (SSSR count). The first-order chi connectivity index (χ1) is 12.7. The summed E-state index contributed by atoms with van der Waals surface area (Å²) in [4.78, 5) is 9.07. The van der Waals surface area contributed by atoms with Crippen molar-refractivity contribution in [2.75, 3.05) is 12.4 Å². The lowest BCUT2D eigenvalue weighted by molar-refractivity contribution is 0.126. The van der Waals surface area contributed by atoms with Gasteiger partial charge in [-0.15, -0.1) is 0 Å². The monoisotopic (exact) mass is 352 g/mol. The zero-order valence-electron chi connectivity index (χ0n) is 14.9. The Morgan fingerprint density at radius 2 is 2.04 bits per heavy atom. The number of ether oxygens (including phenoxy) is 1. The topological polar surface area (TPSA) is 72.2 Å². The van der Waals surface area contributed by atoms with Crippen LogP contribution < -0.4 is 5.32 Å². The van der Waals surface area contributed by atoms with Gasteiger partial charge in [-0.3, -0.25) is 0 Å². The molecule has 6 nitrogen and oxygen atoms in total. The Morgan fingerprint density at radius 1 is 1.19 bits per heavy atom. The van der Waals surface area contributed by atoms with E-state index in [2.05, 4.69) is 33.1 Å². The van der Waals surface area contributed by atoms with Gasteiger partial charge < -0.3 is 19.7 Å². The lowest BCUT2D eigenvalue weighted by atomic mass is 9.93. The summed E-state index contributed by atoms with van der Waals surface area (Å²) in [6.07, 6.45) is 7.22. The molecule has 3 aromatic rings. The van der Waals surface area contributed by atoms with E-state index in [0.29, 0.717) is 18.6 Å². The molecule has 0 amide bonds. The van der Waals surface area contributed by atoms with Gasteiger partial charge in [0.1, 0.15) is 5.82 Å². The fourth-order valence-corrected chi connectivity index (χ4v) is 3.67. The maximum Gasteiger partial charge on any atom is 0.224 e. The molecule has 26 heavy (non-hydrogen) atoms. The summed E-state index contributed by atoms with van der Waals surface area (Å²) in [5.74, 6) is 1.47. The molecule has 1 aliphatic carbocycles. The maximum absolute atomic E-state index is 9.65. The van der Waals surface area contributed by atoms with Crippen LogP contribution in [0, 0.1) is 0 Å². The Bertz CT molecular complexity index is 884. The number of aliphatic hydroxyl groups is 1. The number of nitrogens with zero attached hydrogens (tertiary/aromatic N) is 3. The van der Waals surface area contributed by atoms with E-state index < -0.39 is 0 Å². The summed E-state index contributed by atoms with van der Waals surface area (Å²) in [5, 5.41) is 14.2. The molecule has 2 heterocycles. The fraction of sp³-hybridized carbons (Fsp3) is 0.400. The first kappa shape index (κ1) is 17.0. The number of rotatable bonds is 5. The number of nitrogens with one attached hydrogen (secondary N) is 1. The first-order valence-corrected chi connectivity index (χ1v) is 9.10. The molecule has 0 aliphatic heterocycles. The summed E-state index contributed by atoms with van der Waals surface area (Å²) in [7, 11) is 1.71. The zero-order chi connectivity index (χ0) is 17.9. The standard InChI is InChI=1S/C20H24N4O2/c1-26-13-14-3-2-4-18-17(14)10-12-24(18)19-9-11-21-20(23-19)22-15-5-7-16(25)8-6-15/h2-4,9-12,15-16,25H,5-8,13H2,1H3,(H,21,22,23)/t15-,16-. The van der Waals surface area contributed by atoms with Crippen molar-refractivity contribution in [3.8, 4) is 5.82 Å². The summed E-state index contributed by atoms with van der Waals surface area (Å²) in [5.41, 5.74) is 2.27. The van der Waals surface area contributed by atoms with E-state index in [4.69, 9.17) is 9.72 Å². The lowest BCUT2D eigenvalue weighted by Crippen LogP contribution is -2.29. The van der Waals surface area contributed by atoms with Crippen molar-refractivity contribution < 1.29 is 9.84 Å². The predicted molar refractivity (Wildman–Crippen MR) is 101 cm³/mol. The molecule has 6 heteroatoms. The van der Waals surface area contributed by atoms with E-state index >= 15 is 0 Å². The molecule has 0 saturated heterocycles. The molecule has 0 atom stereocenters. The van der Waals surface area contributed by atoms with Gasteiger partial charge in [0.25, 0.3) is 0 Å². The normalized spacial score (nSPS) is 20.4. The average molecular weight is 352 g/mol. The highest BCUT2D eigenvalue weighted by Gasteiger charge is 2.20. The molecular formula is C20H24N4O2. The SMILES string of the molecule is COCc1cccc2c1ccn2-c1ccnc(N[C@H]2CC[C@H](O)CC2)n1. The molecule has 136 valence electrons. The molecule has 2 N–H and O–H groups in total. The van der Waals surface area contributed by atoms with E-state index in [1.54, 1.807) is 13.3 Å². The molecule has 1 saturated carbocycles. The van der Waals surface area contributed by atoms with Crippen LogP contribution >= 0.6 is 0 Å². The van der Waals surface area contributed by atoms with Gasteiger partial charge in [0.15, 0.2) is 0 Å². The van der Waals surface area contributed by atoms with Crippen LogP contribution in [0.5, 0.6) is 0 Å². The van der Waals surface area contributed by atoms with Crippen LogP contribution in [0.1, 0.15) is 31.2 Å². The van der Waals surface area contributed by atoms with Gasteiger partial charge >= 0.3 is 0 Å². The van der Waals surface area contributed by atoms with Crippen molar-refractivity contribution in [2.24, 2.45) is 0 Å². The zero-order valence-corrected chi connectivity index (χ0v) is 14.9. The Labute approximate surface area is 152 Å². The number of hydrogen-bond donors (Lipinski definition) is 2. The number of aromatic nitrogens is 3. The van der Waals surface area contributed by atoms with Gasteiger partial charge in [-0.25, -0.2) is 4.98 Å². The van der Waals surface area contributed by atoms with Gasteiger partial charge in [0, 0.05) is 30.9 Å². The van der Waals surface area contributed by atoms with Crippen LogP contribution in [0.25, 0.3) is 16.7 Å². The Balaban J connectivity index is 1.60. The second kappa shape index (κ2) is 7.43. The third kappa shape index (κ3) is 3.43. The van der Waals surface area contributed by atoms with Crippen LogP contribution in [-0.4, -0.2) is 38.9 Å².